The Balaban J connectivity index is 1.25. The number of aliphatic hydroxyl groups excluding tert-OH is 8. The zero-order valence-corrected chi connectivity index (χ0v) is 26.0. The number of esters is 1. The molecule has 0 aromatic heterocycles. The molecule has 6 aliphatic rings. The summed E-state index contributed by atoms with van der Waals surface area (Å²) in [5.41, 5.74) is -0.694. The number of carbonyl (C=O) groups excluding carboxylic acids is 1. The summed E-state index contributed by atoms with van der Waals surface area (Å²) in [4.78, 5) is 14.0. The summed E-state index contributed by atoms with van der Waals surface area (Å²) in [5, 5.41) is 81.7. The van der Waals surface area contributed by atoms with Crippen LogP contribution in [0.1, 0.15) is 65.2 Å². The van der Waals surface area contributed by atoms with Gasteiger partial charge in [0, 0.05) is 5.41 Å². The molecular formula is C32H50O13. The summed E-state index contributed by atoms with van der Waals surface area (Å²) in [6, 6.07) is 0. The van der Waals surface area contributed by atoms with Crippen LogP contribution >= 0.6 is 0 Å². The van der Waals surface area contributed by atoms with E-state index in [2.05, 4.69) is 13.5 Å². The first-order chi connectivity index (χ1) is 21.2. The van der Waals surface area contributed by atoms with Crippen LogP contribution in [0, 0.1) is 34.0 Å². The Hall–Kier alpha value is -1.23. The van der Waals surface area contributed by atoms with Gasteiger partial charge in [0.15, 0.2) is 6.29 Å². The first-order valence-corrected chi connectivity index (χ1v) is 16.4. The van der Waals surface area contributed by atoms with Gasteiger partial charge in [-0.1, -0.05) is 19.9 Å². The highest BCUT2D eigenvalue weighted by atomic mass is 16.7. The molecule has 45 heavy (non-hydrogen) atoms. The van der Waals surface area contributed by atoms with Crippen LogP contribution in [-0.2, 0) is 23.7 Å². The van der Waals surface area contributed by atoms with E-state index in [0.29, 0.717) is 19.3 Å². The molecule has 0 amide bonds. The minimum atomic E-state index is -1.68. The Morgan fingerprint density at radius 1 is 0.800 bits per heavy atom. The average Bonchev–Trinajstić information content (AvgIpc) is 3.20. The maximum absolute atomic E-state index is 14.0. The van der Waals surface area contributed by atoms with Gasteiger partial charge in [0.2, 0.25) is 6.29 Å². The molecule has 13 nitrogen and oxygen atoms in total. The lowest BCUT2D eigenvalue weighted by molar-refractivity contribution is -0.321. The SMILES string of the molecule is C=C1[C@@H]2CC[C@H]3[C@]4(C)CCC[C@@](C)(C(=O)O[C@@H]5O[C@H](CO)[C@@H](O)[C@H](O)[C@H]5O)[C@H]4CC[C@]3(C2)[C@@H]1O[C@@H]1O[C@H](CO)[C@@H](O)[C@H](O)[C@H]1O. The molecule has 2 bridgehead atoms. The number of rotatable bonds is 6. The largest absolute Gasteiger partial charge is 0.432 e. The van der Waals surface area contributed by atoms with Crippen LogP contribution in [-0.4, -0.2) is 128 Å². The predicted octanol–water partition coefficient (Wildman–Crippen LogP) is -0.906. The molecule has 6 rings (SSSR count). The second-order valence-electron chi connectivity index (χ2n) is 15.0. The van der Waals surface area contributed by atoms with Crippen molar-refractivity contribution in [1.29, 1.82) is 0 Å². The van der Waals surface area contributed by atoms with Crippen LogP contribution in [0.15, 0.2) is 12.2 Å². The van der Waals surface area contributed by atoms with Gasteiger partial charge in [-0.05, 0) is 80.6 Å². The maximum Gasteiger partial charge on any atom is 0.314 e. The normalized spacial score (nSPS) is 54.7. The number of fused-ring (bicyclic) bond motifs is 3. The quantitative estimate of drug-likeness (QED) is 0.130. The fourth-order valence-electron chi connectivity index (χ4n) is 10.5. The lowest BCUT2D eigenvalue weighted by Gasteiger charge is -2.64. The Kier molecular flexibility index (Phi) is 9.00. The van der Waals surface area contributed by atoms with Crippen LogP contribution in [0.5, 0.6) is 0 Å². The fraction of sp³-hybridized carbons (Fsp3) is 0.906. The summed E-state index contributed by atoms with van der Waals surface area (Å²) >= 11 is 0. The van der Waals surface area contributed by atoms with E-state index in [1.165, 1.54) is 0 Å². The van der Waals surface area contributed by atoms with Gasteiger partial charge in [-0.2, -0.15) is 0 Å². The van der Waals surface area contributed by atoms with Crippen molar-refractivity contribution in [3.8, 4) is 0 Å². The molecule has 0 aromatic carbocycles. The van der Waals surface area contributed by atoms with Crippen molar-refractivity contribution in [2.24, 2.45) is 34.0 Å². The number of ether oxygens (including phenoxy) is 4. The molecule has 1 spiro atoms. The standard InChI is InChI=1S/C32H50O13/c1-14-15-5-6-19-30(2)8-4-9-31(3,29(41)45-28-25(40)23(38)21(36)17(13-34)43-28)18(30)7-10-32(19,11-15)26(14)44-27-24(39)22(37)20(35)16(12-33)42-27/h15-28,33-40H,1,4-13H2,2-3H3/t15-,16-,17-,18+,19+,20-,21-,22+,23+,24-,25-,26-,27+,28+,30-,31-,32-/m1/s1. The van der Waals surface area contributed by atoms with E-state index in [-0.39, 0.29) is 28.6 Å². The van der Waals surface area contributed by atoms with E-state index < -0.39 is 92.1 Å². The number of carbonyl (C=O) groups is 1. The van der Waals surface area contributed by atoms with Gasteiger partial charge < -0.3 is 59.8 Å². The van der Waals surface area contributed by atoms with E-state index in [1.54, 1.807) is 0 Å². The van der Waals surface area contributed by atoms with E-state index in [0.717, 1.165) is 37.7 Å². The maximum atomic E-state index is 14.0. The Morgan fingerprint density at radius 2 is 1.40 bits per heavy atom. The van der Waals surface area contributed by atoms with Crippen molar-refractivity contribution in [3.63, 3.8) is 0 Å². The second-order valence-corrected chi connectivity index (χ2v) is 15.0. The third-order valence-corrected chi connectivity index (χ3v) is 12.8. The van der Waals surface area contributed by atoms with Gasteiger partial charge in [0.05, 0.1) is 24.7 Å². The molecule has 4 saturated carbocycles. The van der Waals surface area contributed by atoms with Gasteiger partial charge >= 0.3 is 5.97 Å². The monoisotopic (exact) mass is 642 g/mol. The zero-order chi connectivity index (χ0) is 32.6. The summed E-state index contributed by atoms with van der Waals surface area (Å²) in [6.07, 6.45) is -8.85. The molecule has 4 aliphatic carbocycles. The number of hydrogen-bond donors (Lipinski definition) is 8. The summed E-state index contributed by atoms with van der Waals surface area (Å²) in [5.74, 6) is -0.321. The second kappa shape index (κ2) is 12.0. The minimum absolute atomic E-state index is 0.0925. The highest BCUT2D eigenvalue weighted by Crippen LogP contribution is 2.73. The zero-order valence-electron chi connectivity index (χ0n) is 26.0. The van der Waals surface area contributed by atoms with Gasteiger partial charge in [0.1, 0.15) is 48.8 Å². The molecule has 0 aromatic rings. The molecule has 0 radical (unpaired) electrons. The summed E-state index contributed by atoms with van der Waals surface area (Å²) in [7, 11) is 0. The van der Waals surface area contributed by atoms with Crippen LogP contribution in [0.25, 0.3) is 0 Å². The Labute approximate surface area is 262 Å². The molecule has 17 atom stereocenters. The first-order valence-electron chi connectivity index (χ1n) is 16.4. The van der Waals surface area contributed by atoms with Crippen LogP contribution in [0.2, 0.25) is 0 Å². The van der Waals surface area contributed by atoms with E-state index in [1.807, 2.05) is 6.92 Å². The van der Waals surface area contributed by atoms with E-state index >= 15 is 0 Å². The van der Waals surface area contributed by atoms with Gasteiger partial charge in [0.25, 0.3) is 0 Å². The van der Waals surface area contributed by atoms with Crippen LogP contribution in [0.4, 0.5) is 0 Å². The van der Waals surface area contributed by atoms with Crippen molar-refractivity contribution < 1.29 is 64.6 Å². The number of hydrogen-bond acceptors (Lipinski definition) is 13. The van der Waals surface area contributed by atoms with Gasteiger partial charge in [-0.25, -0.2) is 0 Å². The average molecular weight is 643 g/mol. The lowest BCUT2D eigenvalue weighted by Crippen LogP contribution is -2.63. The lowest BCUT2D eigenvalue weighted by atomic mass is 9.40. The van der Waals surface area contributed by atoms with Gasteiger partial charge in [-0.15, -0.1) is 0 Å². The van der Waals surface area contributed by atoms with Crippen LogP contribution < -0.4 is 0 Å². The van der Waals surface area contributed by atoms with Crippen LogP contribution in [0.3, 0.4) is 0 Å². The van der Waals surface area contributed by atoms with E-state index in [4.69, 9.17) is 18.9 Å². The highest BCUT2D eigenvalue weighted by molar-refractivity contribution is 5.77. The van der Waals surface area contributed by atoms with Crippen molar-refractivity contribution in [3.05, 3.63) is 12.2 Å². The topological polar surface area (TPSA) is 216 Å². The Morgan fingerprint density at radius 3 is 2.02 bits per heavy atom. The molecule has 6 fully saturated rings. The molecule has 256 valence electrons. The molecule has 13 heteroatoms. The van der Waals surface area contributed by atoms with Gasteiger partial charge in [-0.3, -0.25) is 4.79 Å². The highest BCUT2D eigenvalue weighted by Gasteiger charge is 2.69. The predicted molar refractivity (Wildman–Crippen MR) is 154 cm³/mol. The summed E-state index contributed by atoms with van der Waals surface area (Å²) in [6.45, 7) is 7.36. The van der Waals surface area contributed by atoms with Crippen molar-refractivity contribution in [2.75, 3.05) is 13.2 Å². The number of aliphatic hydroxyl groups is 8. The van der Waals surface area contributed by atoms with Crippen molar-refractivity contribution >= 4 is 5.97 Å². The molecule has 0 unspecified atom stereocenters. The van der Waals surface area contributed by atoms with Crippen molar-refractivity contribution in [1.82, 2.24) is 0 Å². The van der Waals surface area contributed by atoms with E-state index in [9.17, 15) is 45.6 Å². The smallest absolute Gasteiger partial charge is 0.314 e. The molecule has 2 heterocycles. The molecule has 2 saturated heterocycles. The Bertz CT molecular complexity index is 1130. The fourth-order valence-corrected chi connectivity index (χ4v) is 10.5. The third-order valence-electron chi connectivity index (χ3n) is 12.8. The summed E-state index contributed by atoms with van der Waals surface area (Å²) < 4.78 is 23.5. The molecule has 8 N–H and O–H groups in total. The minimum Gasteiger partial charge on any atom is -0.432 e. The molecule has 2 aliphatic heterocycles. The third kappa shape index (κ3) is 5.04. The van der Waals surface area contributed by atoms with Crippen molar-refractivity contribution in [2.45, 2.75) is 133 Å². The molecular weight excluding hydrogens is 592 g/mol. The first kappa shape index (κ1) is 33.7.